The number of amides is 1. The maximum Gasteiger partial charge on any atom is 0.234 e. The van der Waals surface area contributed by atoms with Crippen molar-refractivity contribution >= 4 is 5.91 Å². The van der Waals surface area contributed by atoms with E-state index in [0.717, 1.165) is 26.1 Å². The fourth-order valence-electron chi connectivity index (χ4n) is 1.72. The van der Waals surface area contributed by atoms with Crippen molar-refractivity contribution in [2.24, 2.45) is 5.73 Å². The fraction of sp³-hybridized carbons (Fsp3) is 0.909. The Morgan fingerprint density at radius 1 is 1.69 bits per heavy atom. The second-order valence-electron chi connectivity index (χ2n) is 4.35. The third kappa shape index (κ3) is 4.47. The number of hydrogen-bond donors (Lipinski definition) is 2. The van der Waals surface area contributed by atoms with Crippen molar-refractivity contribution in [3.05, 3.63) is 0 Å². The number of carbonyl (C=O) groups excluding carboxylic acids is 1. The Balaban J connectivity index is 2.28. The highest BCUT2D eigenvalue weighted by Gasteiger charge is 2.24. The average molecular weight is 229 g/mol. The molecule has 2 unspecified atom stereocenters. The molecule has 0 radical (unpaired) electrons. The van der Waals surface area contributed by atoms with Crippen LogP contribution in [0.1, 0.15) is 20.3 Å². The number of morpholine rings is 1. The van der Waals surface area contributed by atoms with Gasteiger partial charge < -0.3 is 15.8 Å². The van der Waals surface area contributed by atoms with Crippen molar-refractivity contribution in [1.29, 1.82) is 0 Å². The summed E-state index contributed by atoms with van der Waals surface area (Å²) in [5.41, 5.74) is 5.79. The Labute approximate surface area is 97.3 Å². The molecule has 0 aromatic heterocycles. The summed E-state index contributed by atoms with van der Waals surface area (Å²) >= 11 is 0. The largest absolute Gasteiger partial charge is 0.374 e. The summed E-state index contributed by atoms with van der Waals surface area (Å²) < 4.78 is 5.53. The Hall–Kier alpha value is -0.650. The normalized spacial score (nSPS) is 24.1. The molecule has 0 aromatic rings. The molecule has 1 aliphatic rings. The van der Waals surface area contributed by atoms with Crippen LogP contribution in [0.15, 0.2) is 0 Å². The summed E-state index contributed by atoms with van der Waals surface area (Å²) in [5.74, 6) is 0.0900. The van der Waals surface area contributed by atoms with Crippen LogP contribution in [-0.4, -0.2) is 55.7 Å². The van der Waals surface area contributed by atoms with Crippen LogP contribution in [0.2, 0.25) is 0 Å². The summed E-state index contributed by atoms with van der Waals surface area (Å²) in [6.45, 7) is 7.40. The van der Waals surface area contributed by atoms with Gasteiger partial charge in [0.2, 0.25) is 5.91 Å². The summed E-state index contributed by atoms with van der Waals surface area (Å²) in [6.07, 6.45) is 1.02. The van der Waals surface area contributed by atoms with Gasteiger partial charge in [0.1, 0.15) is 0 Å². The van der Waals surface area contributed by atoms with Gasteiger partial charge in [-0.15, -0.1) is 0 Å². The van der Waals surface area contributed by atoms with E-state index in [1.807, 2.05) is 13.8 Å². The van der Waals surface area contributed by atoms with E-state index in [1.54, 1.807) is 0 Å². The van der Waals surface area contributed by atoms with Gasteiger partial charge in [0, 0.05) is 25.7 Å². The lowest BCUT2D eigenvalue weighted by molar-refractivity contribution is -0.124. The predicted molar refractivity (Wildman–Crippen MR) is 63.1 cm³/mol. The molecule has 1 saturated heterocycles. The summed E-state index contributed by atoms with van der Waals surface area (Å²) in [4.78, 5) is 13.6. The highest BCUT2D eigenvalue weighted by atomic mass is 16.5. The molecule has 3 N–H and O–H groups in total. The van der Waals surface area contributed by atoms with Gasteiger partial charge in [-0.3, -0.25) is 9.69 Å². The average Bonchev–Trinajstić information content (AvgIpc) is 2.26. The fourth-order valence-corrected chi connectivity index (χ4v) is 1.72. The van der Waals surface area contributed by atoms with Crippen molar-refractivity contribution in [2.75, 3.05) is 32.8 Å². The van der Waals surface area contributed by atoms with E-state index in [4.69, 9.17) is 10.5 Å². The van der Waals surface area contributed by atoms with Gasteiger partial charge in [0.05, 0.1) is 19.3 Å². The van der Waals surface area contributed by atoms with Crippen LogP contribution in [-0.2, 0) is 9.53 Å². The van der Waals surface area contributed by atoms with Crippen LogP contribution in [0, 0.1) is 0 Å². The second kappa shape index (κ2) is 6.83. The monoisotopic (exact) mass is 229 g/mol. The van der Waals surface area contributed by atoms with E-state index in [0.29, 0.717) is 13.2 Å². The number of nitrogens with two attached hydrogens (primary N) is 1. The molecular weight excluding hydrogens is 206 g/mol. The van der Waals surface area contributed by atoms with Gasteiger partial charge in [-0.25, -0.2) is 0 Å². The molecule has 0 saturated carbocycles. The van der Waals surface area contributed by atoms with Crippen LogP contribution < -0.4 is 11.1 Å². The number of nitrogens with zero attached hydrogens (tertiary/aromatic N) is 1. The molecule has 16 heavy (non-hydrogen) atoms. The maximum atomic E-state index is 11.5. The number of nitrogens with one attached hydrogen (secondary N) is 1. The highest BCUT2D eigenvalue weighted by molar-refractivity contribution is 5.77. The minimum atomic E-state index is 0.0153. The Kier molecular flexibility index (Phi) is 5.73. The molecule has 0 aromatic carbocycles. The van der Waals surface area contributed by atoms with Gasteiger partial charge in [-0.05, 0) is 13.3 Å². The highest BCUT2D eigenvalue weighted by Crippen LogP contribution is 2.07. The van der Waals surface area contributed by atoms with Gasteiger partial charge in [-0.1, -0.05) is 6.92 Å². The van der Waals surface area contributed by atoms with Crippen LogP contribution in [0.5, 0.6) is 0 Å². The molecular formula is C11H23N3O2. The van der Waals surface area contributed by atoms with E-state index in [9.17, 15) is 4.79 Å². The smallest absolute Gasteiger partial charge is 0.234 e. The van der Waals surface area contributed by atoms with Crippen LogP contribution in [0.25, 0.3) is 0 Å². The standard InChI is InChI=1S/C11H23N3O2/c1-3-4-13-11(15)8-14-5-6-16-10(7-14)9(2)12/h9-10H,3-8,12H2,1-2H3,(H,13,15). The van der Waals surface area contributed by atoms with Crippen LogP contribution in [0.3, 0.4) is 0 Å². The lowest BCUT2D eigenvalue weighted by Gasteiger charge is -2.34. The molecule has 1 amide bonds. The Morgan fingerprint density at radius 3 is 3.06 bits per heavy atom. The minimum Gasteiger partial charge on any atom is -0.374 e. The second-order valence-corrected chi connectivity index (χ2v) is 4.35. The number of rotatable bonds is 5. The zero-order valence-corrected chi connectivity index (χ0v) is 10.2. The molecule has 0 aliphatic carbocycles. The van der Waals surface area contributed by atoms with Gasteiger partial charge >= 0.3 is 0 Å². The van der Waals surface area contributed by atoms with Crippen molar-refractivity contribution < 1.29 is 9.53 Å². The molecule has 1 fully saturated rings. The first kappa shape index (κ1) is 13.4. The first-order chi connectivity index (χ1) is 7.63. The number of ether oxygens (including phenoxy) is 1. The topological polar surface area (TPSA) is 67.6 Å². The van der Waals surface area contributed by atoms with E-state index in [1.165, 1.54) is 0 Å². The van der Waals surface area contributed by atoms with E-state index in [2.05, 4.69) is 10.2 Å². The maximum absolute atomic E-state index is 11.5. The van der Waals surface area contributed by atoms with E-state index in [-0.39, 0.29) is 18.1 Å². The summed E-state index contributed by atoms with van der Waals surface area (Å²) in [5, 5.41) is 2.87. The van der Waals surface area contributed by atoms with Crippen molar-refractivity contribution in [3.8, 4) is 0 Å². The van der Waals surface area contributed by atoms with Gasteiger partial charge in [0.25, 0.3) is 0 Å². The first-order valence-corrected chi connectivity index (χ1v) is 5.99. The number of hydrogen-bond acceptors (Lipinski definition) is 4. The molecule has 1 rings (SSSR count). The molecule has 0 bridgehead atoms. The van der Waals surface area contributed by atoms with Gasteiger partial charge in [-0.2, -0.15) is 0 Å². The van der Waals surface area contributed by atoms with E-state index < -0.39 is 0 Å². The molecule has 94 valence electrons. The Bertz CT molecular complexity index is 221. The van der Waals surface area contributed by atoms with Crippen LogP contribution >= 0.6 is 0 Å². The predicted octanol–water partition coefficient (Wildman–Crippen LogP) is -0.439. The lowest BCUT2D eigenvalue weighted by Crippen LogP contribution is -2.51. The number of carbonyl (C=O) groups is 1. The van der Waals surface area contributed by atoms with E-state index >= 15 is 0 Å². The zero-order valence-electron chi connectivity index (χ0n) is 10.2. The lowest BCUT2D eigenvalue weighted by atomic mass is 10.1. The first-order valence-electron chi connectivity index (χ1n) is 5.99. The Morgan fingerprint density at radius 2 is 2.44 bits per heavy atom. The molecule has 0 spiro atoms. The minimum absolute atomic E-state index is 0.0153. The third-order valence-corrected chi connectivity index (χ3v) is 2.70. The molecule has 1 aliphatic heterocycles. The van der Waals surface area contributed by atoms with Crippen LogP contribution in [0.4, 0.5) is 0 Å². The van der Waals surface area contributed by atoms with Crippen molar-refractivity contribution in [3.63, 3.8) is 0 Å². The van der Waals surface area contributed by atoms with Crippen molar-refractivity contribution in [1.82, 2.24) is 10.2 Å². The van der Waals surface area contributed by atoms with Gasteiger partial charge in [0.15, 0.2) is 0 Å². The molecule has 2 atom stereocenters. The summed E-state index contributed by atoms with van der Waals surface area (Å²) in [7, 11) is 0. The third-order valence-electron chi connectivity index (χ3n) is 2.70. The molecule has 5 heteroatoms. The zero-order chi connectivity index (χ0) is 12.0. The molecule has 1 heterocycles. The quantitative estimate of drug-likeness (QED) is 0.671. The SMILES string of the molecule is CCCNC(=O)CN1CCOC(C(C)N)C1. The molecule has 5 nitrogen and oxygen atoms in total. The summed E-state index contributed by atoms with van der Waals surface area (Å²) in [6, 6.07) is 0.0153. The van der Waals surface area contributed by atoms with Crippen molar-refractivity contribution in [2.45, 2.75) is 32.4 Å².